The third kappa shape index (κ3) is 9.45. The van der Waals surface area contributed by atoms with Gasteiger partial charge in [0.15, 0.2) is 5.40 Å². The Morgan fingerprint density at radius 1 is 0.654 bits per heavy atom. The van der Waals surface area contributed by atoms with Crippen LogP contribution in [0.5, 0.6) is 0 Å². The first-order valence-electron chi connectivity index (χ1n) is 9.40. The monoisotopic (exact) mass is 416 g/mol. The first kappa shape index (κ1) is 26.3. The van der Waals surface area contributed by atoms with E-state index in [0.29, 0.717) is 12.8 Å². The molecule has 0 amide bonds. The Hall–Kier alpha value is 0.260. The molecule has 0 rings (SSSR count). The highest BCUT2D eigenvalue weighted by Gasteiger charge is 2.52. The van der Waals surface area contributed by atoms with Crippen LogP contribution < -0.4 is 0 Å². The molecule has 1 N–H and O–H groups in total. The minimum Gasteiger partial charge on any atom is -0.396 e. The van der Waals surface area contributed by atoms with Gasteiger partial charge in [0, 0.05) is 6.61 Å². The van der Waals surface area contributed by atoms with Gasteiger partial charge in [-0.05, 0) is 74.7 Å². The van der Waals surface area contributed by atoms with Crippen LogP contribution in [-0.4, -0.2) is 41.5 Å². The molecule has 7 nitrogen and oxygen atoms in total. The van der Waals surface area contributed by atoms with Crippen LogP contribution >= 0.6 is 15.2 Å². The van der Waals surface area contributed by atoms with Crippen molar-refractivity contribution in [2.75, 3.05) is 6.61 Å². The number of aliphatic hydroxyl groups is 1. The maximum atomic E-state index is 13.7. The summed E-state index contributed by atoms with van der Waals surface area (Å²) in [5.41, 5.74) is 0. The molecule has 0 unspecified atom stereocenters. The molecular formula is C17H38O7P2. The molecule has 0 aliphatic carbocycles. The van der Waals surface area contributed by atoms with E-state index >= 15 is 0 Å². The van der Waals surface area contributed by atoms with Gasteiger partial charge in [-0.2, -0.15) is 0 Å². The molecule has 0 aromatic carbocycles. The summed E-state index contributed by atoms with van der Waals surface area (Å²) in [6, 6.07) is 0. The first-order chi connectivity index (χ1) is 11.9. The second-order valence-electron chi connectivity index (χ2n) is 7.40. The van der Waals surface area contributed by atoms with E-state index in [-0.39, 0.29) is 37.4 Å². The van der Waals surface area contributed by atoms with Gasteiger partial charge in [0.25, 0.3) is 0 Å². The van der Waals surface area contributed by atoms with E-state index in [2.05, 4.69) is 0 Å². The molecule has 0 aromatic rings. The molecule has 0 aliphatic heterocycles. The van der Waals surface area contributed by atoms with Crippen LogP contribution in [0.4, 0.5) is 0 Å². The molecular weight excluding hydrogens is 378 g/mol. The van der Waals surface area contributed by atoms with Crippen molar-refractivity contribution in [3.05, 3.63) is 0 Å². The van der Waals surface area contributed by atoms with Crippen molar-refractivity contribution in [3.63, 3.8) is 0 Å². The van der Waals surface area contributed by atoms with Gasteiger partial charge in [0.05, 0.1) is 24.4 Å². The number of unbranched alkanes of at least 4 members (excludes halogenated alkanes) is 1. The van der Waals surface area contributed by atoms with Gasteiger partial charge >= 0.3 is 15.2 Å². The highest BCUT2D eigenvalue weighted by atomic mass is 31.2. The van der Waals surface area contributed by atoms with Crippen molar-refractivity contribution in [3.8, 4) is 0 Å². The van der Waals surface area contributed by atoms with Gasteiger partial charge in [0.1, 0.15) is 0 Å². The van der Waals surface area contributed by atoms with Crippen LogP contribution in [0.25, 0.3) is 0 Å². The lowest BCUT2D eigenvalue weighted by molar-refractivity contribution is 0.121. The van der Waals surface area contributed by atoms with Gasteiger partial charge in [0.2, 0.25) is 0 Å². The van der Waals surface area contributed by atoms with Gasteiger partial charge in [-0.3, -0.25) is 9.13 Å². The van der Waals surface area contributed by atoms with Gasteiger partial charge in [-0.1, -0.05) is 0 Å². The summed E-state index contributed by atoms with van der Waals surface area (Å²) in [5, 5.41) is 8.06. The molecule has 158 valence electrons. The standard InChI is InChI=1S/C17H38O7P2/c1-13(2)21-25(19,22-14(3)4)17(11-9-10-12-18)26(20,23-15(5)6)24-16(7)8/h13-18H,9-12H2,1-8H3. The zero-order valence-electron chi connectivity index (χ0n) is 17.5. The van der Waals surface area contributed by atoms with Crippen molar-refractivity contribution < 1.29 is 32.3 Å². The summed E-state index contributed by atoms with van der Waals surface area (Å²) < 4.78 is 50.2. The van der Waals surface area contributed by atoms with Crippen LogP contribution in [0.1, 0.15) is 74.7 Å². The molecule has 0 saturated heterocycles. The molecule has 0 fully saturated rings. The average Bonchev–Trinajstić information content (AvgIpc) is 2.39. The van der Waals surface area contributed by atoms with Crippen LogP contribution in [0.2, 0.25) is 0 Å². The molecule has 0 radical (unpaired) electrons. The molecule has 9 heteroatoms. The number of hydrogen-bond donors (Lipinski definition) is 1. The molecule has 0 atom stereocenters. The number of rotatable bonds is 14. The zero-order valence-corrected chi connectivity index (χ0v) is 19.3. The smallest absolute Gasteiger partial charge is 0.346 e. The Bertz CT molecular complexity index is 412. The van der Waals surface area contributed by atoms with Crippen LogP contribution in [0.3, 0.4) is 0 Å². The van der Waals surface area contributed by atoms with Crippen molar-refractivity contribution in [2.45, 2.75) is 104 Å². The summed E-state index contributed by atoms with van der Waals surface area (Å²) in [4.78, 5) is 0. The largest absolute Gasteiger partial charge is 0.396 e. The van der Waals surface area contributed by atoms with E-state index in [9.17, 15) is 9.13 Å². The topological polar surface area (TPSA) is 91.3 Å². The quantitative estimate of drug-likeness (QED) is 0.293. The van der Waals surface area contributed by atoms with Crippen LogP contribution in [0.15, 0.2) is 0 Å². The van der Waals surface area contributed by atoms with Crippen LogP contribution in [-0.2, 0) is 27.2 Å². The fourth-order valence-electron chi connectivity index (χ4n) is 2.43. The summed E-state index contributed by atoms with van der Waals surface area (Å²) in [6.07, 6.45) is -0.297. The van der Waals surface area contributed by atoms with Crippen molar-refractivity contribution >= 4 is 15.2 Å². The van der Waals surface area contributed by atoms with Crippen LogP contribution in [0, 0.1) is 0 Å². The maximum absolute atomic E-state index is 13.7. The van der Waals surface area contributed by atoms with E-state index in [0.717, 1.165) is 0 Å². The lowest BCUT2D eigenvalue weighted by Gasteiger charge is -2.35. The summed E-state index contributed by atoms with van der Waals surface area (Å²) in [5.74, 6) is 0. The maximum Gasteiger partial charge on any atom is 0.346 e. The number of aliphatic hydroxyl groups excluding tert-OH is 1. The van der Waals surface area contributed by atoms with E-state index in [1.54, 1.807) is 55.4 Å². The summed E-state index contributed by atoms with van der Waals surface area (Å²) >= 11 is 0. The zero-order chi connectivity index (χ0) is 20.5. The minimum absolute atomic E-state index is 0.00647. The minimum atomic E-state index is -3.81. The summed E-state index contributed by atoms with van der Waals surface area (Å²) in [7, 11) is -7.62. The van der Waals surface area contributed by atoms with Crippen molar-refractivity contribution in [1.29, 1.82) is 0 Å². The van der Waals surface area contributed by atoms with Crippen molar-refractivity contribution in [1.82, 2.24) is 0 Å². The lowest BCUT2D eigenvalue weighted by atomic mass is 10.3. The Morgan fingerprint density at radius 3 is 1.19 bits per heavy atom. The average molecular weight is 416 g/mol. The second kappa shape index (κ2) is 12.0. The molecule has 26 heavy (non-hydrogen) atoms. The molecule has 0 aromatic heterocycles. The Balaban J connectivity index is 6.07. The normalized spacial score (nSPS) is 13.8. The third-order valence-electron chi connectivity index (χ3n) is 3.03. The molecule has 0 aliphatic rings. The van der Waals surface area contributed by atoms with E-state index in [1.807, 2.05) is 0 Å². The SMILES string of the molecule is CC(C)OP(=O)(OC(C)C)C(CCCCO)P(=O)(OC(C)C)OC(C)C. The fraction of sp³-hybridized carbons (Fsp3) is 1.00. The Labute approximate surface area is 159 Å². The predicted molar refractivity (Wildman–Crippen MR) is 105 cm³/mol. The predicted octanol–water partition coefficient (Wildman–Crippen LogP) is 5.56. The highest BCUT2D eigenvalue weighted by Crippen LogP contribution is 2.73. The van der Waals surface area contributed by atoms with E-state index < -0.39 is 20.6 Å². The van der Waals surface area contributed by atoms with E-state index in [4.69, 9.17) is 23.2 Å². The van der Waals surface area contributed by atoms with Crippen molar-refractivity contribution in [2.24, 2.45) is 0 Å². The third-order valence-corrected chi connectivity index (χ3v) is 9.57. The lowest BCUT2D eigenvalue weighted by Crippen LogP contribution is -2.23. The molecule has 0 saturated carbocycles. The second-order valence-corrected chi connectivity index (χ2v) is 12.1. The van der Waals surface area contributed by atoms with Gasteiger partial charge in [-0.15, -0.1) is 0 Å². The number of hydrogen-bond acceptors (Lipinski definition) is 7. The Kier molecular flexibility index (Phi) is 12.1. The first-order valence-corrected chi connectivity index (χ1v) is 12.6. The molecule has 0 bridgehead atoms. The summed E-state index contributed by atoms with van der Waals surface area (Å²) in [6.45, 7) is 14.0. The Morgan fingerprint density at radius 2 is 0.962 bits per heavy atom. The fourth-order valence-corrected chi connectivity index (χ4v) is 8.48. The van der Waals surface area contributed by atoms with Gasteiger partial charge < -0.3 is 23.2 Å². The molecule has 0 spiro atoms. The highest BCUT2D eigenvalue weighted by molar-refractivity contribution is 7.72. The molecule has 0 heterocycles. The van der Waals surface area contributed by atoms with Gasteiger partial charge in [-0.25, -0.2) is 0 Å². The van der Waals surface area contributed by atoms with E-state index in [1.165, 1.54) is 0 Å².